The standard InChI is InChI=1S/C17H21N5O2/c18-10-11-24-14-9-5-4-8-13(14)15(12-6-2-1-3-7-12)21-17(23)22-16(19)20/h1-9,15H,10-11,18H2,(H5,19,20,21,22,23). The predicted octanol–water partition coefficient (Wildman–Crippen LogP) is 1.10. The third kappa shape index (κ3) is 4.72. The number of nitrogens with zero attached hydrogens (tertiary/aromatic N) is 1. The summed E-state index contributed by atoms with van der Waals surface area (Å²) in [6, 6.07) is 15.8. The lowest BCUT2D eigenvalue weighted by atomic mass is 9.98. The van der Waals surface area contributed by atoms with Crippen molar-refractivity contribution < 1.29 is 9.53 Å². The molecule has 1 unspecified atom stereocenters. The van der Waals surface area contributed by atoms with E-state index in [-0.39, 0.29) is 5.96 Å². The molecule has 2 amide bonds. The summed E-state index contributed by atoms with van der Waals surface area (Å²) in [6.45, 7) is 0.769. The van der Waals surface area contributed by atoms with Crippen molar-refractivity contribution in [2.24, 2.45) is 22.2 Å². The number of para-hydroxylation sites is 1. The molecule has 0 saturated heterocycles. The first kappa shape index (κ1) is 17.3. The number of ether oxygens (including phenoxy) is 1. The highest BCUT2D eigenvalue weighted by atomic mass is 16.5. The van der Waals surface area contributed by atoms with Crippen molar-refractivity contribution in [3.05, 3.63) is 65.7 Å². The maximum absolute atomic E-state index is 12.0. The zero-order valence-corrected chi connectivity index (χ0v) is 13.2. The number of hydrogen-bond acceptors (Lipinski definition) is 3. The number of hydrogen-bond donors (Lipinski definition) is 4. The normalized spacial score (nSPS) is 11.4. The number of nitrogens with one attached hydrogen (secondary N) is 1. The van der Waals surface area contributed by atoms with Crippen LogP contribution in [0, 0.1) is 0 Å². The third-order valence-corrected chi connectivity index (χ3v) is 3.24. The van der Waals surface area contributed by atoms with E-state index < -0.39 is 12.1 Å². The molecule has 7 heteroatoms. The van der Waals surface area contributed by atoms with Gasteiger partial charge in [-0.25, -0.2) is 4.79 Å². The average molecular weight is 327 g/mol. The van der Waals surface area contributed by atoms with E-state index in [0.29, 0.717) is 18.9 Å². The minimum Gasteiger partial charge on any atom is -0.492 e. The molecule has 0 radical (unpaired) electrons. The van der Waals surface area contributed by atoms with Crippen LogP contribution >= 0.6 is 0 Å². The molecule has 0 aromatic heterocycles. The fourth-order valence-corrected chi connectivity index (χ4v) is 2.28. The van der Waals surface area contributed by atoms with E-state index in [0.717, 1.165) is 11.1 Å². The van der Waals surface area contributed by atoms with Gasteiger partial charge in [0.15, 0.2) is 5.96 Å². The lowest BCUT2D eigenvalue weighted by Gasteiger charge is -2.21. The molecule has 0 fully saturated rings. The molecule has 0 aliphatic rings. The number of carbonyl (C=O) groups is 1. The van der Waals surface area contributed by atoms with E-state index in [4.69, 9.17) is 21.9 Å². The Balaban J connectivity index is 2.39. The molecule has 0 aliphatic carbocycles. The SMILES string of the molecule is NCCOc1ccccc1C(NC(=O)N=C(N)N)c1ccccc1. The van der Waals surface area contributed by atoms with E-state index in [1.807, 2.05) is 54.6 Å². The zero-order chi connectivity index (χ0) is 17.4. The minimum atomic E-state index is -0.627. The Morgan fingerprint density at radius 1 is 1.08 bits per heavy atom. The van der Waals surface area contributed by atoms with E-state index in [1.54, 1.807) is 0 Å². The van der Waals surface area contributed by atoms with Crippen molar-refractivity contribution in [3.8, 4) is 5.75 Å². The summed E-state index contributed by atoms with van der Waals surface area (Å²) < 4.78 is 5.69. The lowest BCUT2D eigenvalue weighted by molar-refractivity contribution is 0.246. The first-order valence-electron chi connectivity index (χ1n) is 7.48. The molecule has 0 spiro atoms. The first-order chi connectivity index (χ1) is 11.6. The highest BCUT2D eigenvalue weighted by molar-refractivity contribution is 5.90. The molecular weight excluding hydrogens is 306 g/mol. The second kappa shape index (κ2) is 8.54. The molecule has 2 aromatic carbocycles. The molecule has 0 saturated carbocycles. The quantitative estimate of drug-likeness (QED) is 0.466. The van der Waals surface area contributed by atoms with Gasteiger partial charge in [0.05, 0.1) is 6.04 Å². The molecular formula is C17H21N5O2. The smallest absolute Gasteiger partial charge is 0.344 e. The second-order valence-corrected chi connectivity index (χ2v) is 5.00. The van der Waals surface area contributed by atoms with Crippen molar-refractivity contribution in [2.45, 2.75) is 6.04 Å². The molecule has 2 rings (SSSR count). The van der Waals surface area contributed by atoms with Crippen LogP contribution in [0.2, 0.25) is 0 Å². The van der Waals surface area contributed by atoms with E-state index in [1.165, 1.54) is 0 Å². The van der Waals surface area contributed by atoms with Crippen molar-refractivity contribution in [3.63, 3.8) is 0 Å². The van der Waals surface area contributed by atoms with Gasteiger partial charge in [0.25, 0.3) is 0 Å². The first-order valence-corrected chi connectivity index (χ1v) is 7.48. The number of rotatable bonds is 6. The second-order valence-electron chi connectivity index (χ2n) is 5.00. The molecule has 7 N–H and O–H groups in total. The third-order valence-electron chi connectivity index (χ3n) is 3.24. The molecule has 126 valence electrons. The van der Waals surface area contributed by atoms with E-state index in [9.17, 15) is 4.79 Å². The lowest BCUT2D eigenvalue weighted by Crippen LogP contribution is -2.31. The van der Waals surface area contributed by atoms with Crippen LogP contribution in [0.5, 0.6) is 5.75 Å². The summed E-state index contributed by atoms with van der Waals surface area (Å²) in [5.74, 6) is 0.341. The van der Waals surface area contributed by atoms with Crippen LogP contribution in [0.1, 0.15) is 17.2 Å². The summed E-state index contributed by atoms with van der Waals surface area (Å²) in [6.07, 6.45) is 0. The zero-order valence-electron chi connectivity index (χ0n) is 13.2. The van der Waals surface area contributed by atoms with Crippen LogP contribution in [-0.2, 0) is 0 Å². The maximum atomic E-state index is 12.0. The van der Waals surface area contributed by atoms with E-state index >= 15 is 0 Å². The Hall–Kier alpha value is -3.06. The fraction of sp³-hybridized carbons (Fsp3) is 0.176. The van der Waals surface area contributed by atoms with Gasteiger partial charge in [-0.2, -0.15) is 4.99 Å². The number of nitrogens with two attached hydrogens (primary N) is 3. The number of urea groups is 1. The molecule has 24 heavy (non-hydrogen) atoms. The van der Waals surface area contributed by atoms with Crippen LogP contribution in [0.4, 0.5) is 4.79 Å². The molecule has 0 heterocycles. The van der Waals surface area contributed by atoms with Crippen LogP contribution in [0.15, 0.2) is 59.6 Å². The summed E-state index contributed by atoms with van der Waals surface area (Å²) in [4.78, 5) is 15.5. The number of carbonyl (C=O) groups excluding carboxylic acids is 1. The Morgan fingerprint density at radius 3 is 2.42 bits per heavy atom. The van der Waals surface area contributed by atoms with Gasteiger partial charge in [0, 0.05) is 12.1 Å². The number of guanidine groups is 1. The maximum Gasteiger partial charge on any atom is 0.344 e. The van der Waals surface area contributed by atoms with Gasteiger partial charge in [-0.3, -0.25) is 0 Å². The monoisotopic (exact) mass is 327 g/mol. The van der Waals surface area contributed by atoms with Crippen molar-refractivity contribution in [1.29, 1.82) is 0 Å². The predicted molar refractivity (Wildman–Crippen MR) is 93.6 cm³/mol. The van der Waals surface area contributed by atoms with Gasteiger partial charge in [-0.15, -0.1) is 0 Å². The highest BCUT2D eigenvalue weighted by Crippen LogP contribution is 2.30. The Morgan fingerprint density at radius 2 is 1.75 bits per heavy atom. The number of aliphatic imine (C=N–C) groups is 1. The summed E-state index contributed by atoms with van der Waals surface area (Å²) in [7, 11) is 0. The van der Waals surface area contributed by atoms with Crippen molar-refractivity contribution >= 4 is 12.0 Å². The molecule has 0 aliphatic heterocycles. The number of benzene rings is 2. The van der Waals surface area contributed by atoms with Gasteiger partial charge in [0.2, 0.25) is 0 Å². The van der Waals surface area contributed by atoms with Gasteiger partial charge in [0.1, 0.15) is 12.4 Å². The van der Waals surface area contributed by atoms with Crippen LogP contribution < -0.4 is 27.3 Å². The van der Waals surface area contributed by atoms with Gasteiger partial charge < -0.3 is 27.3 Å². The Kier molecular flexibility index (Phi) is 6.16. The van der Waals surface area contributed by atoms with Gasteiger partial charge in [-0.05, 0) is 11.6 Å². The largest absolute Gasteiger partial charge is 0.492 e. The number of amides is 2. The Bertz CT molecular complexity index is 699. The molecule has 0 bridgehead atoms. The van der Waals surface area contributed by atoms with Gasteiger partial charge >= 0.3 is 6.03 Å². The average Bonchev–Trinajstić information content (AvgIpc) is 2.58. The molecule has 1 atom stereocenters. The fourth-order valence-electron chi connectivity index (χ4n) is 2.28. The topological polar surface area (TPSA) is 129 Å². The highest BCUT2D eigenvalue weighted by Gasteiger charge is 2.20. The molecule has 2 aromatic rings. The van der Waals surface area contributed by atoms with Crippen molar-refractivity contribution in [2.75, 3.05) is 13.2 Å². The summed E-state index contributed by atoms with van der Waals surface area (Å²) in [5.41, 5.74) is 17.7. The summed E-state index contributed by atoms with van der Waals surface area (Å²) in [5, 5.41) is 2.80. The molecule has 7 nitrogen and oxygen atoms in total. The van der Waals surface area contributed by atoms with Crippen LogP contribution in [-0.4, -0.2) is 25.1 Å². The van der Waals surface area contributed by atoms with Gasteiger partial charge in [-0.1, -0.05) is 48.5 Å². The minimum absolute atomic E-state index is 0.299. The van der Waals surface area contributed by atoms with Crippen LogP contribution in [0.25, 0.3) is 0 Å². The van der Waals surface area contributed by atoms with Crippen molar-refractivity contribution in [1.82, 2.24) is 5.32 Å². The Labute approximate surface area is 140 Å². The summed E-state index contributed by atoms with van der Waals surface area (Å²) >= 11 is 0. The van der Waals surface area contributed by atoms with E-state index in [2.05, 4.69) is 10.3 Å². The van der Waals surface area contributed by atoms with Crippen LogP contribution in [0.3, 0.4) is 0 Å².